The number of H-pyrrole nitrogens is 1. The van der Waals surface area contributed by atoms with Crippen molar-refractivity contribution in [1.29, 1.82) is 0 Å². The second kappa shape index (κ2) is 7.97. The first kappa shape index (κ1) is 17.9. The Morgan fingerprint density at radius 2 is 1.92 bits per heavy atom. The van der Waals surface area contributed by atoms with Gasteiger partial charge in [-0.3, -0.25) is 9.59 Å². The summed E-state index contributed by atoms with van der Waals surface area (Å²) < 4.78 is 0. The second-order valence-electron chi connectivity index (χ2n) is 5.77. The number of para-hydroxylation sites is 1. The van der Waals surface area contributed by atoms with Gasteiger partial charge < -0.3 is 9.88 Å². The highest BCUT2D eigenvalue weighted by molar-refractivity contribution is 6.30. The molecule has 5 nitrogen and oxygen atoms in total. The zero-order valence-corrected chi connectivity index (χ0v) is 15.0. The lowest BCUT2D eigenvalue weighted by Gasteiger charge is -2.18. The van der Waals surface area contributed by atoms with Crippen molar-refractivity contribution >= 4 is 34.5 Å². The molecule has 0 radical (unpaired) electrons. The molecule has 0 aliphatic carbocycles. The number of hydrogen-bond acceptors (Lipinski definition) is 3. The van der Waals surface area contributed by atoms with Gasteiger partial charge >= 0.3 is 0 Å². The zero-order chi connectivity index (χ0) is 18.5. The lowest BCUT2D eigenvalue weighted by atomic mass is 10.2. The molecule has 2 aromatic carbocycles. The predicted octanol–water partition coefficient (Wildman–Crippen LogP) is 3.64. The topological polar surface area (TPSA) is 66.1 Å². The number of aromatic nitrogens is 2. The highest BCUT2D eigenvalue weighted by Gasteiger charge is 2.12. The van der Waals surface area contributed by atoms with Crippen molar-refractivity contribution in [2.24, 2.45) is 0 Å². The lowest BCUT2D eigenvalue weighted by molar-refractivity contribution is -0.126. The molecule has 1 N–H and O–H groups in total. The van der Waals surface area contributed by atoms with Gasteiger partial charge in [-0.1, -0.05) is 35.9 Å². The van der Waals surface area contributed by atoms with Crippen LogP contribution in [0.1, 0.15) is 18.3 Å². The first-order valence-electron chi connectivity index (χ1n) is 8.27. The van der Waals surface area contributed by atoms with Crippen molar-refractivity contribution < 1.29 is 4.79 Å². The molecule has 0 saturated heterocycles. The van der Waals surface area contributed by atoms with E-state index in [0.717, 1.165) is 5.56 Å². The number of carbonyl (C=O) groups is 1. The fourth-order valence-corrected chi connectivity index (χ4v) is 2.71. The number of halogens is 1. The Morgan fingerprint density at radius 1 is 1.19 bits per heavy atom. The van der Waals surface area contributed by atoms with Crippen LogP contribution in [0, 0.1) is 0 Å². The van der Waals surface area contributed by atoms with Gasteiger partial charge in [0.2, 0.25) is 5.91 Å². The Kier molecular flexibility index (Phi) is 5.49. The summed E-state index contributed by atoms with van der Waals surface area (Å²) in [6.45, 7) is 2.62. The van der Waals surface area contributed by atoms with Crippen LogP contribution in [0.15, 0.2) is 59.4 Å². The molecule has 132 valence electrons. The first-order valence-corrected chi connectivity index (χ1v) is 8.65. The fraction of sp³-hybridized carbons (Fsp3) is 0.150. The Hall–Kier alpha value is -2.92. The zero-order valence-electron chi connectivity index (χ0n) is 14.3. The SMILES string of the molecule is CCN(Cc1nc2ccccc2c(=O)[nH]1)C(=O)/C=C/c1ccc(Cl)cc1. The van der Waals surface area contributed by atoms with E-state index in [4.69, 9.17) is 11.6 Å². The molecule has 0 atom stereocenters. The number of benzene rings is 2. The number of rotatable bonds is 5. The van der Waals surface area contributed by atoms with E-state index in [0.29, 0.717) is 28.3 Å². The van der Waals surface area contributed by atoms with Gasteiger partial charge in [0.05, 0.1) is 17.4 Å². The van der Waals surface area contributed by atoms with E-state index in [1.54, 1.807) is 41.3 Å². The summed E-state index contributed by atoms with van der Waals surface area (Å²) >= 11 is 5.86. The maximum Gasteiger partial charge on any atom is 0.258 e. The lowest BCUT2D eigenvalue weighted by Crippen LogP contribution is -2.30. The summed E-state index contributed by atoms with van der Waals surface area (Å²) in [4.78, 5) is 33.4. The fourth-order valence-electron chi connectivity index (χ4n) is 2.58. The molecule has 0 bridgehead atoms. The molecule has 3 rings (SSSR count). The summed E-state index contributed by atoms with van der Waals surface area (Å²) in [5, 5.41) is 1.18. The van der Waals surface area contributed by atoms with E-state index in [9.17, 15) is 9.59 Å². The van der Waals surface area contributed by atoms with Crippen LogP contribution < -0.4 is 5.56 Å². The summed E-state index contributed by atoms with van der Waals surface area (Å²) in [6, 6.07) is 14.4. The molecule has 0 unspecified atom stereocenters. The van der Waals surface area contributed by atoms with E-state index in [2.05, 4.69) is 9.97 Å². The van der Waals surface area contributed by atoms with Crippen molar-refractivity contribution in [2.75, 3.05) is 6.54 Å². The molecule has 0 saturated carbocycles. The molecule has 0 fully saturated rings. The number of nitrogens with one attached hydrogen (secondary N) is 1. The minimum atomic E-state index is -0.203. The van der Waals surface area contributed by atoms with Crippen molar-refractivity contribution in [1.82, 2.24) is 14.9 Å². The van der Waals surface area contributed by atoms with Crippen LogP contribution in [-0.4, -0.2) is 27.3 Å². The second-order valence-corrected chi connectivity index (χ2v) is 6.20. The molecule has 6 heteroatoms. The largest absolute Gasteiger partial charge is 0.332 e. The van der Waals surface area contributed by atoms with Crippen LogP contribution in [0.25, 0.3) is 17.0 Å². The van der Waals surface area contributed by atoms with Crippen LogP contribution >= 0.6 is 11.6 Å². The molecule has 0 aliphatic heterocycles. The van der Waals surface area contributed by atoms with Gasteiger partial charge in [-0.2, -0.15) is 0 Å². The van der Waals surface area contributed by atoms with Crippen LogP contribution in [0.5, 0.6) is 0 Å². The van der Waals surface area contributed by atoms with Crippen LogP contribution in [-0.2, 0) is 11.3 Å². The molecular weight excluding hydrogens is 350 g/mol. The average Bonchev–Trinajstić information content (AvgIpc) is 2.65. The molecule has 0 spiro atoms. The molecule has 1 heterocycles. The normalized spacial score (nSPS) is 11.2. The monoisotopic (exact) mass is 367 g/mol. The summed E-state index contributed by atoms with van der Waals surface area (Å²) in [7, 11) is 0. The number of carbonyl (C=O) groups excluding carboxylic acids is 1. The number of amides is 1. The highest BCUT2D eigenvalue weighted by atomic mass is 35.5. The van der Waals surface area contributed by atoms with Gasteiger partial charge in [0.25, 0.3) is 5.56 Å². The smallest absolute Gasteiger partial charge is 0.258 e. The van der Waals surface area contributed by atoms with Gasteiger partial charge in [0, 0.05) is 17.6 Å². The third kappa shape index (κ3) is 4.18. The first-order chi connectivity index (χ1) is 12.6. The van der Waals surface area contributed by atoms with Crippen molar-refractivity contribution in [3.8, 4) is 0 Å². The number of aromatic amines is 1. The Bertz CT molecular complexity index is 1010. The van der Waals surface area contributed by atoms with Gasteiger partial charge in [0.1, 0.15) is 5.82 Å². The van der Waals surface area contributed by atoms with Crippen LogP contribution in [0.4, 0.5) is 0 Å². The molecule has 3 aromatic rings. The maximum atomic E-state index is 12.5. The summed E-state index contributed by atoms with van der Waals surface area (Å²) in [5.41, 5.74) is 1.30. The maximum absolute atomic E-state index is 12.5. The van der Waals surface area contributed by atoms with Gasteiger partial charge in [-0.25, -0.2) is 4.98 Å². The van der Waals surface area contributed by atoms with E-state index >= 15 is 0 Å². The van der Waals surface area contributed by atoms with Gasteiger partial charge in [-0.05, 0) is 42.8 Å². The molecule has 1 aromatic heterocycles. The van der Waals surface area contributed by atoms with E-state index in [1.165, 1.54) is 6.08 Å². The third-order valence-electron chi connectivity index (χ3n) is 3.98. The number of hydrogen-bond donors (Lipinski definition) is 1. The summed E-state index contributed by atoms with van der Waals surface area (Å²) in [6.07, 6.45) is 3.24. The molecular formula is C20H18ClN3O2. The highest BCUT2D eigenvalue weighted by Crippen LogP contribution is 2.11. The Morgan fingerprint density at radius 3 is 2.65 bits per heavy atom. The quantitative estimate of drug-likeness (QED) is 0.700. The number of nitrogens with zero attached hydrogens (tertiary/aromatic N) is 2. The van der Waals surface area contributed by atoms with Crippen molar-refractivity contribution in [2.45, 2.75) is 13.5 Å². The minimum Gasteiger partial charge on any atom is -0.332 e. The van der Waals surface area contributed by atoms with Crippen molar-refractivity contribution in [3.63, 3.8) is 0 Å². The number of fused-ring (bicyclic) bond motifs is 1. The molecule has 1 amide bonds. The molecule has 26 heavy (non-hydrogen) atoms. The average molecular weight is 368 g/mol. The molecule has 0 aliphatic rings. The van der Waals surface area contributed by atoms with E-state index in [-0.39, 0.29) is 18.0 Å². The minimum absolute atomic E-state index is 0.154. The van der Waals surface area contributed by atoms with Crippen LogP contribution in [0.2, 0.25) is 5.02 Å². The standard InChI is InChI=1S/C20H18ClN3O2/c1-2-24(19(25)12-9-14-7-10-15(21)11-8-14)13-18-22-17-6-4-3-5-16(17)20(26)23-18/h3-12H,2,13H2,1H3,(H,22,23,26)/b12-9+. The summed E-state index contributed by atoms with van der Waals surface area (Å²) in [5.74, 6) is 0.307. The van der Waals surface area contributed by atoms with Crippen LogP contribution in [0.3, 0.4) is 0 Å². The third-order valence-corrected chi connectivity index (χ3v) is 4.24. The number of likely N-dealkylation sites (N-methyl/N-ethyl adjacent to an activating group) is 1. The van der Waals surface area contributed by atoms with Crippen molar-refractivity contribution in [3.05, 3.63) is 81.4 Å². The predicted molar refractivity (Wildman–Crippen MR) is 104 cm³/mol. The van der Waals surface area contributed by atoms with Gasteiger partial charge in [0.15, 0.2) is 0 Å². The van der Waals surface area contributed by atoms with E-state index in [1.807, 2.05) is 25.1 Å². The van der Waals surface area contributed by atoms with Gasteiger partial charge in [-0.15, -0.1) is 0 Å². The Balaban J connectivity index is 1.77. The Labute approximate surface area is 155 Å². The van der Waals surface area contributed by atoms with E-state index < -0.39 is 0 Å².